The lowest BCUT2D eigenvalue weighted by Crippen LogP contribution is -2.23. The Morgan fingerprint density at radius 1 is 1.23 bits per heavy atom. The van der Waals surface area contributed by atoms with E-state index in [-0.39, 0.29) is 12.2 Å². The van der Waals surface area contributed by atoms with Crippen LogP contribution in [0.25, 0.3) is 0 Å². The van der Waals surface area contributed by atoms with E-state index in [0.29, 0.717) is 5.56 Å². The van der Waals surface area contributed by atoms with Crippen LogP contribution in [-0.4, -0.2) is 14.8 Å². The minimum atomic E-state index is -3.50. The molecule has 0 aliphatic heterocycles. The molecule has 1 aromatic rings. The molecule has 1 amide bonds. The van der Waals surface area contributed by atoms with Crippen LogP contribution >= 0.6 is 0 Å². The first-order valence-electron chi connectivity index (χ1n) is 3.61. The molecule has 0 unspecified atom stereocenters. The number of carbonyl (C=O) groups is 1. The molecule has 0 aliphatic carbocycles. The van der Waals surface area contributed by atoms with Crippen molar-refractivity contribution in [1.29, 1.82) is 0 Å². The average molecular weight is 199 g/mol. The number of sulfonamides is 1. The van der Waals surface area contributed by atoms with Crippen molar-refractivity contribution in [2.24, 2.45) is 0 Å². The second-order valence-corrected chi connectivity index (χ2v) is 4.23. The number of hydrogen-bond donors (Lipinski definition) is 1. The number of carbonyl (C=O) groups excluding carboxylic acids is 1. The standard InChI is InChI=1S/C8H9NO3S/c10-7-9-13(11,12)6-8-4-2-1-3-5-8/h1-5,7H,6H2,(H,9,10). The number of hydrogen-bond acceptors (Lipinski definition) is 3. The van der Waals surface area contributed by atoms with E-state index in [1.807, 2.05) is 0 Å². The normalized spacial score (nSPS) is 10.8. The minimum Gasteiger partial charge on any atom is -0.278 e. The Bertz CT molecular complexity index is 372. The molecule has 1 N–H and O–H groups in total. The molecule has 0 radical (unpaired) electrons. The smallest absolute Gasteiger partial charge is 0.238 e. The highest BCUT2D eigenvalue weighted by molar-refractivity contribution is 7.89. The van der Waals surface area contributed by atoms with Gasteiger partial charge in [-0.3, -0.25) is 9.52 Å². The minimum absolute atomic E-state index is 0.165. The molecule has 1 rings (SSSR count). The summed E-state index contributed by atoms with van der Waals surface area (Å²) in [6.45, 7) is 0. The van der Waals surface area contributed by atoms with Gasteiger partial charge in [-0.15, -0.1) is 0 Å². The third-order valence-electron chi connectivity index (χ3n) is 1.43. The molecule has 0 spiro atoms. The summed E-state index contributed by atoms with van der Waals surface area (Å²) in [5.74, 6) is -0.174. The van der Waals surface area contributed by atoms with E-state index >= 15 is 0 Å². The van der Waals surface area contributed by atoms with Gasteiger partial charge in [0.25, 0.3) is 0 Å². The molecule has 0 aromatic heterocycles. The van der Waals surface area contributed by atoms with Crippen LogP contribution in [0.15, 0.2) is 30.3 Å². The van der Waals surface area contributed by atoms with Crippen molar-refractivity contribution in [3.8, 4) is 0 Å². The monoisotopic (exact) mass is 199 g/mol. The molecule has 1 aromatic carbocycles. The van der Waals surface area contributed by atoms with Gasteiger partial charge in [-0.25, -0.2) is 8.42 Å². The van der Waals surface area contributed by atoms with Crippen molar-refractivity contribution in [3.05, 3.63) is 35.9 Å². The maximum atomic E-state index is 11.1. The van der Waals surface area contributed by atoms with Crippen molar-refractivity contribution in [3.63, 3.8) is 0 Å². The molecular formula is C8H9NO3S. The molecule has 0 saturated heterocycles. The van der Waals surface area contributed by atoms with E-state index in [0.717, 1.165) is 0 Å². The van der Waals surface area contributed by atoms with Gasteiger partial charge in [0.15, 0.2) is 0 Å². The van der Waals surface area contributed by atoms with Crippen LogP contribution < -0.4 is 4.72 Å². The van der Waals surface area contributed by atoms with Crippen molar-refractivity contribution in [2.45, 2.75) is 5.75 Å². The lowest BCUT2D eigenvalue weighted by molar-refractivity contribution is -0.108. The third kappa shape index (κ3) is 3.25. The first-order valence-corrected chi connectivity index (χ1v) is 5.27. The second kappa shape index (κ2) is 4.04. The molecule has 0 saturated carbocycles. The second-order valence-electron chi connectivity index (χ2n) is 2.48. The fourth-order valence-corrected chi connectivity index (χ4v) is 1.77. The Morgan fingerprint density at radius 2 is 1.85 bits per heavy atom. The predicted molar refractivity (Wildman–Crippen MR) is 48.3 cm³/mol. The summed E-state index contributed by atoms with van der Waals surface area (Å²) >= 11 is 0. The maximum Gasteiger partial charge on any atom is 0.238 e. The van der Waals surface area contributed by atoms with Gasteiger partial charge in [-0.2, -0.15) is 0 Å². The highest BCUT2D eigenvalue weighted by Crippen LogP contribution is 2.02. The first kappa shape index (κ1) is 9.73. The molecule has 0 aliphatic rings. The highest BCUT2D eigenvalue weighted by atomic mass is 32.2. The van der Waals surface area contributed by atoms with Crippen molar-refractivity contribution < 1.29 is 13.2 Å². The summed E-state index contributed by atoms with van der Waals surface area (Å²) < 4.78 is 23.9. The maximum absolute atomic E-state index is 11.1. The molecule has 4 nitrogen and oxygen atoms in total. The zero-order chi connectivity index (χ0) is 9.73. The van der Waals surface area contributed by atoms with Crippen LogP contribution in [0, 0.1) is 0 Å². The Morgan fingerprint density at radius 3 is 2.38 bits per heavy atom. The summed E-state index contributed by atoms with van der Waals surface area (Å²) in [5, 5.41) is 0. The topological polar surface area (TPSA) is 63.2 Å². The van der Waals surface area contributed by atoms with E-state index in [1.165, 1.54) is 0 Å². The van der Waals surface area contributed by atoms with E-state index in [1.54, 1.807) is 35.1 Å². The Kier molecular flexibility index (Phi) is 3.02. The van der Waals surface area contributed by atoms with E-state index in [9.17, 15) is 13.2 Å². The fraction of sp³-hybridized carbons (Fsp3) is 0.125. The van der Waals surface area contributed by atoms with Gasteiger partial charge >= 0.3 is 0 Å². The van der Waals surface area contributed by atoms with Gasteiger partial charge in [0, 0.05) is 0 Å². The van der Waals surface area contributed by atoms with E-state index in [2.05, 4.69) is 0 Å². The van der Waals surface area contributed by atoms with Gasteiger partial charge < -0.3 is 0 Å². The number of benzene rings is 1. The lowest BCUT2D eigenvalue weighted by Gasteiger charge is -2.01. The molecule has 70 valence electrons. The van der Waals surface area contributed by atoms with Crippen LogP contribution in [0.5, 0.6) is 0 Å². The Balaban J connectivity index is 2.75. The summed E-state index contributed by atoms with van der Waals surface area (Å²) in [6.07, 6.45) is 0.165. The zero-order valence-corrected chi connectivity index (χ0v) is 7.62. The largest absolute Gasteiger partial charge is 0.278 e. The van der Waals surface area contributed by atoms with Gasteiger partial charge in [-0.1, -0.05) is 30.3 Å². The Hall–Kier alpha value is -1.36. The van der Waals surface area contributed by atoms with Crippen molar-refractivity contribution >= 4 is 16.4 Å². The summed E-state index contributed by atoms with van der Waals surface area (Å²) in [5.41, 5.74) is 0.650. The summed E-state index contributed by atoms with van der Waals surface area (Å²) in [6, 6.07) is 8.65. The summed E-state index contributed by atoms with van der Waals surface area (Å²) in [4.78, 5) is 9.92. The van der Waals surface area contributed by atoms with E-state index in [4.69, 9.17) is 0 Å². The lowest BCUT2D eigenvalue weighted by atomic mass is 10.2. The molecule has 13 heavy (non-hydrogen) atoms. The fourth-order valence-electron chi connectivity index (χ4n) is 0.909. The third-order valence-corrected chi connectivity index (χ3v) is 2.60. The van der Waals surface area contributed by atoms with Crippen LogP contribution in [0.4, 0.5) is 0 Å². The zero-order valence-electron chi connectivity index (χ0n) is 6.80. The SMILES string of the molecule is O=CNS(=O)(=O)Cc1ccccc1. The van der Waals surface area contributed by atoms with E-state index < -0.39 is 10.0 Å². The van der Waals surface area contributed by atoms with Crippen LogP contribution in [0.1, 0.15) is 5.56 Å². The molecular weight excluding hydrogens is 190 g/mol. The predicted octanol–water partition coefficient (Wildman–Crippen LogP) is 0.262. The first-order chi connectivity index (χ1) is 6.14. The number of amides is 1. The molecule has 5 heteroatoms. The Labute approximate surface area is 76.6 Å². The van der Waals surface area contributed by atoms with Gasteiger partial charge in [0.2, 0.25) is 16.4 Å². The number of nitrogens with one attached hydrogen (secondary N) is 1. The van der Waals surface area contributed by atoms with Gasteiger partial charge in [0.05, 0.1) is 5.75 Å². The number of rotatable bonds is 4. The molecule has 0 atom stereocenters. The van der Waals surface area contributed by atoms with Gasteiger partial charge in [-0.05, 0) is 5.56 Å². The van der Waals surface area contributed by atoms with Gasteiger partial charge in [0.1, 0.15) is 0 Å². The van der Waals surface area contributed by atoms with Crippen LogP contribution in [-0.2, 0) is 20.6 Å². The van der Waals surface area contributed by atoms with Crippen molar-refractivity contribution in [2.75, 3.05) is 0 Å². The molecule has 0 heterocycles. The highest BCUT2D eigenvalue weighted by Gasteiger charge is 2.08. The molecule has 0 fully saturated rings. The molecule has 0 bridgehead atoms. The quantitative estimate of drug-likeness (QED) is 0.707. The van der Waals surface area contributed by atoms with Crippen LogP contribution in [0.2, 0.25) is 0 Å². The van der Waals surface area contributed by atoms with Crippen molar-refractivity contribution in [1.82, 2.24) is 4.72 Å². The summed E-state index contributed by atoms with van der Waals surface area (Å²) in [7, 11) is -3.50. The average Bonchev–Trinajstić information content (AvgIpc) is 2.04. The van der Waals surface area contributed by atoms with Crippen LogP contribution in [0.3, 0.4) is 0 Å².